The summed E-state index contributed by atoms with van der Waals surface area (Å²) in [6.45, 7) is 8.66. The first kappa shape index (κ1) is 22.7. The third kappa shape index (κ3) is 5.31. The summed E-state index contributed by atoms with van der Waals surface area (Å²) in [6.07, 6.45) is 2.44. The number of carbonyl (C=O) groups excluding carboxylic acids is 2. The molecular weight excluding hydrogens is 416 g/mol. The number of fused-ring (bicyclic) bond motifs is 1. The molecule has 1 fully saturated rings. The second-order valence-corrected chi connectivity index (χ2v) is 8.06. The largest absolute Gasteiger partial charge is 0.380 e. The Morgan fingerprint density at radius 1 is 1.00 bits per heavy atom. The summed E-state index contributed by atoms with van der Waals surface area (Å²) in [7, 11) is 0. The molecule has 7 heteroatoms. The predicted octanol–water partition coefficient (Wildman–Crippen LogP) is 4.20. The zero-order valence-corrected chi connectivity index (χ0v) is 19.2. The lowest BCUT2D eigenvalue weighted by atomic mass is 10.1. The van der Waals surface area contributed by atoms with Gasteiger partial charge in [0, 0.05) is 61.3 Å². The van der Waals surface area contributed by atoms with Gasteiger partial charge in [-0.1, -0.05) is 6.07 Å². The number of benzene rings is 2. The Bertz CT molecular complexity index is 1120. The Hall–Kier alpha value is -3.45. The van der Waals surface area contributed by atoms with Crippen LogP contribution >= 0.6 is 0 Å². The maximum Gasteiger partial charge on any atom is 0.257 e. The van der Waals surface area contributed by atoms with Gasteiger partial charge in [0.2, 0.25) is 0 Å². The first-order valence-corrected chi connectivity index (χ1v) is 11.5. The molecule has 2 heterocycles. The molecule has 0 atom stereocenters. The van der Waals surface area contributed by atoms with Gasteiger partial charge in [0.15, 0.2) is 0 Å². The van der Waals surface area contributed by atoms with E-state index in [2.05, 4.69) is 41.2 Å². The van der Waals surface area contributed by atoms with E-state index in [-0.39, 0.29) is 11.8 Å². The van der Waals surface area contributed by atoms with E-state index in [4.69, 9.17) is 4.74 Å². The van der Waals surface area contributed by atoms with Gasteiger partial charge in [-0.15, -0.1) is 0 Å². The molecule has 0 radical (unpaired) electrons. The number of rotatable bonds is 6. The van der Waals surface area contributed by atoms with Crippen molar-refractivity contribution in [2.24, 2.45) is 0 Å². The quantitative estimate of drug-likeness (QED) is 0.614. The van der Waals surface area contributed by atoms with Crippen LogP contribution in [0.15, 0.2) is 54.7 Å². The zero-order chi connectivity index (χ0) is 23.2. The standard InChI is InChI=1S/C26H30N4O3/c1-3-29(4-2)23-11-8-20-16-21(18-27-24(20)17-23)25(31)28-22-9-6-19(7-10-22)26(32)30-12-5-14-33-15-13-30/h6-11,16-18H,3-5,12-15H2,1-2H3,(H,28,31). The Morgan fingerprint density at radius 3 is 2.55 bits per heavy atom. The number of hydrogen-bond acceptors (Lipinski definition) is 5. The number of pyridine rings is 1. The molecule has 4 rings (SSSR count). The van der Waals surface area contributed by atoms with Crippen LogP contribution in [0.2, 0.25) is 0 Å². The first-order chi connectivity index (χ1) is 16.1. The molecule has 1 aliphatic heterocycles. The van der Waals surface area contributed by atoms with Crippen LogP contribution in [0.25, 0.3) is 10.9 Å². The monoisotopic (exact) mass is 446 g/mol. The summed E-state index contributed by atoms with van der Waals surface area (Å²) in [4.78, 5) is 34.1. The minimum atomic E-state index is -0.235. The van der Waals surface area contributed by atoms with Crippen LogP contribution in [0.3, 0.4) is 0 Å². The number of ether oxygens (including phenoxy) is 1. The third-order valence-electron chi connectivity index (χ3n) is 5.96. The number of nitrogens with one attached hydrogen (secondary N) is 1. The smallest absolute Gasteiger partial charge is 0.257 e. The average Bonchev–Trinajstić information content (AvgIpc) is 3.14. The van der Waals surface area contributed by atoms with Crippen molar-refractivity contribution in [1.29, 1.82) is 0 Å². The third-order valence-corrected chi connectivity index (χ3v) is 5.96. The first-order valence-electron chi connectivity index (χ1n) is 11.5. The van der Waals surface area contributed by atoms with Crippen molar-refractivity contribution in [3.8, 4) is 0 Å². The Labute approximate surface area is 194 Å². The number of carbonyl (C=O) groups is 2. The molecule has 0 saturated carbocycles. The molecule has 0 spiro atoms. The number of anilines is 2. The van der Waals surface area contributed by atoms with Crippen LogP contribution in [0.5, 0.6) is 0 Å². The highest BCUT2D eigenvalue weighted by Gasteiger charge is 2.17. The highest BCUT2D eigenvalue weighted by Crippen LogP contribution is 2.22. The topological polar surface area (TPSA) is 74.8 Å². The second kappa shape index (κ2) is 10.4. The fourth-order valence-corrected chi connectivity index (χ4v) is 4.05. The Balaban J connectivity index is 1.44. The van der Waals surface area contributed by atoms with E-state index in [0.29, 0.717) is 43.1 Å². The number of aromatic nitrogens is 1. The van der Waals surface area contributed by atoms with Gasteiger partial charge in [-0.2, -0.15) is 0 Å². The van der Waals surface area contributed by atoms with Crippen LogP contribution in [0.1, 0.15) is 41.0 Å². The molecule has 1 aromatic heterocycles. The summed E-state index contributed by atoms with van der Waals surface area (Å²) in [6, 6.07) is 15.0. The lowest BCUT2D eigenvalue weighted by Gasteiger charge is -2.21. The van der Waals surface area contributed by atoms with Crippen LogP contribution in [-0.4, -0.2) is 61.1 Å². The van der Waals surface area contributed by atoms with E-state index < -0.39 is 0 Å². The highest BCUT2D eigenvalue weighted by atomic mass is 16.5. The van der Waals surface area contributed by atoms with Crippen molar-refractivity contribution in [3.05, 3.63) is 65.9 Å². The molecule has 33 heavy (non-hydrogen) atoms. The summed E-state index contributed by atoms with van der Waals surface area (Å²) in [5.41, 5.74) is 3.71. The number of nitrogens with zero attached hydrogens (tertiary/aromatic N) is 3. The lowest BCUT2D eigenvalue weighted by molar-refractivity contribution is 0.0741. The maximum absolute atomic E-state index is 12.8. The molecule has 3 aromatic rings. The van der Waals surface area contributed by atoms with Gasteiger partial charge >= 0.3 is 0 Å². The number of hydrogen-bond donors (Lipinski definition) is 1. The molecule has 0 unspecified atom stereocenters. The van der Waals surface area contributed by atoms with Crippen molar-refractivity contribution in [2.45, 2.75) is 20.3 Å². The van der Waals surface area contributed by atoms with E-state index in [1.807, 2.05) is 17.0 Å². The van der Waals surface area contributed by atoms with Gasteiger partial charge < -0.3 is 19.9 Å². The van der Waals surface area contributed by atoms with Crippen molar-refractivity contribution >= 4 is 34.1 Å². The summed E-state index contributed by atoms with van der Waals surface area (Å²) < 4.78 is 5.42. The van der Waals surface area contributed by atoms with Crippen LogP contribution in [-0.2, 0) is 4.74 Å². The fourth-order valence-electron chi connectivity index (χ4n) is 4.05. The molecular formula is C26H30N4O3. The second-order valence-electron chi connectivity index (χ2n) is 8.06. The molecule has 1 N–H and O–H groups in total. The van der Waals surface area contributed by atoms with Gasteiger partial charge in [0.1, 0.15) is 0 Å². The van der Waals surface area contributed by atoms with Gasteiger partial charge in [0.05, 0.1) is 17.7 Å². The van der Waals surface area contributed by atoms with Gasteiger partial charge in [-0.25, -0.2) is 0 Å². The molecule has 7 nitrogen and oxygen atoms in total. The van der Waals surface area contributed by atoms with Crippen molar-refractivity contribution in [3.63, 3.8) is 0 Å². The van der Waals surface area contributed by atoms with E-state index in [0.717, 1.165) is 36.1 Å². The minimum Gasteiger partial charge on any atom is -0.380 e. The normalized spacial score (nSPS) is 14.1. The molecule has 0 aliphatic carbocycles. The highest BCUT2D eigenvalue weighted by molar-refractivity contribution is 6.06. The Kier molecular flexibility index (Phi) is 7.19. The number of amides is 2. The van der Waals surface area contributed by atoms with Crippen LogP contribution in [0, 0.1) is 0 Å². The predicted molar refractivity (Wildman–Crippen MR) is 131 cm³/mol. The molecule has 1 aliphatic rings. The molecule has 2 aromatic carbocycles. The van der Waals surface area contributed by atoms with Crippen molar-refractivity contribution in [2.75, 3.05) is 49.6 Å². The van der Waals surface area contributed by atoms with Gasteiger partial charge in [-0.3, -0.25) is 14.6 Å². The average molecular weight is 447 g/mol. The molecule has 0 bridgehead atoms. The Morgan fingerprint density at radius 2 is 1.79 bits per heavy atom. The molecule has 172 valence electrons. The minimum absolute atomic E-state index is 0.0128. The van der Waals surface area contributed by atoms with Crippen molar-refractivity contribution in [1.82, 2.24) is 9.88 Å². The van der Waals surface area contributed by atoms with E-state index in [1.165, 1.54) is 0 Å². The van der Waals surface area contributed by atoms with E-state index >= 15 is 0 Å². The SMILES string of the molecule is CCN(CC)c1ccc2cc(C(=O)Nc3ccc(C(=O)N4CCCOCC4)cc3)cnc2c1. The summed E-state index contributed by atoms with van der Waals surface area (Å²) in [5, 5.41) is 3.81. The summed E-state index contributed by atoms with van der Waals surface area (Å²) in [5.74, 6) is -0.248. The van der Waals surface area contributed by atoms with Gasteiger partial charge in [-0.05, 0) is 62.7 Å². The van der Waals surface area contributed by atoms with Crippen LogP contribution in [0.4, 0.5) is 11.4 Å². The fraction of sp³-hybridized carbons (Fsp3) is 0.346. The maximum atomic E-state index is 12.8. The van der Waals surface area contributed by atoms with Gasteiger partial charge in [0.25, 0.3) is 11.8 Å². The summed E-state index contributed by atoms with van der Waals surface area (Å²) >= 11 is 0. The van der Waals surface area contributed by atoms with E-state index in [9.17, 15) is 9.59 Å². The van der Waals surface area contributed by atoms with Crippen LogP contribution < -0.4 is 10.2 Å². The molecule has 2 amide bonds. The molecule has 1 saturated heterocycles. The zero-order valence-electron chi connectivity index (χ0n) is 19.2. The van der Waals surface area contributed by atoms with Crippen molar-refractivity contribution < 1.29 is 14.3 Å². The van der Waals surface area contributed by atoms with E-state index in [1.54, 1.807) is 30.5 Å². The lowest BCUT2D eigenvalue weighted by Crippen LogP contribution is -2.33.